The largest absolute Gasteiger partial charge is 0.481 e. The number of piperazine rings is 1. The molecule has 0 atom stereocenters. The van der Waals surface area contributed by atoms with Gasteiger partial charge in [0, 0.05) is 39.3 Å². The van der Waals surface area contributed by atoms with Crippen LogP contribution >= 0.6 is 0 Å². The SMILES string of the molecule is COc1cccc(N2CCN(c3ncnc4c3ncn4C)CC2)n1. The number of fused-ring (bicyclic) bond motifs is 1. The van der Waals surface area contributed by atoms with Crippen molar-refractivity contribution in [3.63, 3.8) is 0 Å². The minimum atomic E-state index is 0.640. The van der Waals surface area contributed by atoms with Crippen molar-refractivity contribution in [2.45, 2.75) is 0 Å². The fourth-order valence-corrected chi connectivity index (χ4v) is 3.01. The summed E-state index contributed by atoms with van der Waals surface area (Å²) < 4.78 is 7.12. The van der Waals surface area contributed by atoms with E-state index < -0.39 is 0 Å². The highest BCUT2D eigenvalue weighted by atomic mass is 16.5. The number of imidazole rings is 1. The Hall–Kier alpha value is -2.90. The maximum Gasteiger partial charge on any atom is 0.214 e. The Bertz CT molecular complexity index is 855. The maximum absolute atomic E-state index is 5.21. The molecule has 1 aliphatic heterocycles. The summed E-state index contributed by atoms with van der Waals surface area (Å²) in [7, 11) is 3.58. The molecule has 0 saturated carbocycles. The van der Waals surface area contributed by atoms with Crippen LogP contribution in [0.4, 0.5) is 11.6 Å². The number of anilines is 2. The number of methoxy groups -OCH3 is 1. The molecule has 8 heteroatoms. The van der Waals surface area contributed by atoms with Gasteiger partial charge in [-0.25, -0.2) is 15.0 Å². The van der Waals surface area contributed by atoms with Gasteiger partial charge in [-0.1, -0.05) is 6.07 Å². The van der Waals surface area contributed by atoms with Crippen molar-refractivity contribution in [3.05, 3.63) is 30.9 Å². The summed E-state index contributed by atoms with van der Waals surface area (Å²) in [6, 6.07) is 5.84. The van der Waals surface area contributed by atoms with Crippen LogP contribution in [0.1, 0.15) is 0 Å². The number of rotatable bonds is 3. The van der Waals surface area contributed by atoms with Crippen LogP contribution in [0.3, 0.4) is 0 Å². The van der Waals surface area contributed by atoms with Crippen LogP contribution < -0.4 is 14.5 Å². The monoisotopic (exact) mass is 325 g/mol. The van der Waals surface area contributed by atoms with E-state index in [-0.39, 0.29) is 0 Å². The summed E-state index contributed by atoms with van der Waals surface area (Å²) in [4.78, 5) is 22.2. The van der Waals surface area contributed by atoms with Crippen LogP contribution in [0.15, 0.2) is 30.9 Å². The first-order valence-corrected chi connectivity index (χ1v) is 7.89. The Balaban J connectivity index is 1.53. The molecule has 0 amide bonds. The molecule has 0 N–H and O–H groups in total. The molecule has 1 saturated heterocycles. The first kappa shape index (κ1) is 14.7. The molecule has 3 aromatic rings. The van der Waals surface area contributed by atoms with Crippen LogP contribution in [-0.4, -0.2) is 57.8 Å². The van der Waals surface area contributed by atoms with Gasteiger partial charge in [0.05, 0.1) is 13.4 Å². The van der Waals surface area contributed by atoms with Crippen LogP contribution in [-0.2, 0) is 7.05 Å². The van der Waals surface area contributed by atoms with Gasteiger partial charge in [0.2, 0.25) is 5.88 Å². The number of ether oxygens (including phenoxy) is 1. The van der Waals surface area contributed by atoms with Gasteiger partial charge in [0.1, 0.15) is 12.1 Å². The molecule has 24 heavy (non-hydrogen) atoms. The normalized spacial score (nSPS) is 15.1. The molecular formula is C16H19N7O. The van der Waals surface area contributed by atoms with Crippen molar-refractivity contribution in [2.24, 2.45) is 7.05 Å². The molecule has 0 unspecified atom stereocenters. The van der Waals surface area contributed by atoms with Crippen LogP contribution in [0.2, 0.25) is 0 Å². The smallest absolute Gasteiger partial charge is 0.214 e. The molecule has 0 aliphatic carbocycles. The Morgan fingerprint density at radius 3 is 2.58 bits per heavy atom. The molecule has 4 heterocycles. The van der Waals surface area contributed by atoms with Crippen molar-refractivity contribution < 1.29 is 4.74 Å². The minimum absolute atomic E-state index is 0.640. The van der Waals surface area contributed by atoms with Gasteiger partial charge in [-0.05, 0) is 6.07 Å². The lowest BCUT2D eigenvalue weighted by Crippen LogP contribution is -2.47. The number of hydrogen-bond acceptors (Lipinski definition) is 7. The van der Waals surface area contributed by atoms with Crippen molar-refractivity contribution in [1.82, 2.24) is 24.5 Å². The molecule has 3 aromatic heterocycles. The molecule has 0 radical (unpaired) electrons. The lowest BCUT2D eigenvalue weighted by molar-refractivity contribution is 0.397. The van der Waals surface area contributed by atoms with Crippen molar-refractivity contribution >= 4 is 22.8 Å². The summed E-state index contributed by atoms with van der Waals surface area (Å²) in [5.74, 6) is 2.49. The zero-order chi connectivity index (χ0) is 16.5. The third-order valence-electron chi connectivity index (χ3n) is 4.30. The van der Waals surface area contributed by atoms with Crippen molar-refractivity contribution in [3.8, 4) is 5.88 Å². The molecule has 0 bridgehead atoms. The second kappa shape index (κ2) is 5.95. The number of nitrogens with zero attached hydrogens (tertiary/aromatic N) is 7. The summed E-state index contributed by atoms with van der Waals surface area (Å²) in [5.41, 5.74) is 1.71. The molecule has 1 fully saturated rings. The summed E-state index contributed by atoms with van der Waals surface area (Å²) >= 11 is 0. The van der Waals surface area contributed by atoms with E-state index >= 15 is 0 Å². The van der Waals surface area contributed by atoms with Crippen LogP contribution in [0, 0.1) is 0 Å². The Kier molecular flexibility index (Phi) is 3.64. The predicted octanol–water partition coefficient (Wildman–Crippen LogP) is 1.09. The van der Waals surface area contributed by atoms with Gasteiger partial charge in [-0.3, -0.25) is 0 Å². The highest BCUT2D eigenvalue weighted by molar-refractivity contribution is 5.83. The second-order valence-electron chi connectivity index (χ2n) is 5.74. The first-order valence-electron chi connectivity index (χ1n) is 7.89. The van der Waals surface area contributed by atoms with Crippen molar-refractivity contribution in [1.29, 1.82) is 0 Å². The van der Waals surface area contributed by atoms with E-state index in [4.69, 9.17) is 4.74 Å². The van der Waals surface area contributed by atoms with E-state index in [1.165, 1.54) is 0 Å². The number of hydrogen-bond donors (Lipinski definition) is 0. The fraction of sp³-hybridized carbons (Fsp3) is 0.375. The number of aromatic nitrogens is 5. The maximum atomic E-state index is 5.21. The lowest BCUT2D eigenvalue weighted by Gasteiger charge is -2.36. The van der Waals surface area contributed by atoms with E-state index in [1.54, 1.807) is 19.8 Å². The van der Waals surface area contributed by atoms with Gasteiger partial charge in [0.15, 0.2) is 17.0 Å². The van der Waals surface area contributed by atoms with E-state index in [0.29, 0.717) is 5.88 Å². The number of pyridine rings is 1. The molecular weight excluding hydrogens is 306 g/mol. The van der Waals surface area contributed by atoms with E-state index in [9.17, 15) is 0 Å². The molecule has 8 nitrogen and oxygen atoms in total. The average molecular weight is 325 g/mol. The second-order valence-corrected chi connectivity index (χ2v) is 5.74. The Morgan fingerprint density at radius 2 is 1.79 bits per heavy atom. The highest BCUT2D eigenvalue weighted by Gasteiger charge is 2.22. The highest BCUT2D eigenvalue weighted by Crippen LogP contribution is 2.24. The first-order chi connectivity index (χ1) is 11.8. The van der Waals surface area contributed by atoms with E-state index in [1.807, 2.05) is 29.8 Å². The molecule has 0 aromatic carbocycles. The van der Waals surface area contributed by atoms with Gasteiger partial charge in [-0.2, -0.15) is 4.98 Å². The molecule has 4 rings (SSSR count). The van der Waals surface area contributed by atoms with Gasteiger partial charge >= 0.3 is 0 Å². The van der Waals surface area contributed by atoms with Gasteiger partial charge in [0.25, 0.3) is 0 Å². The number of aryl methyl sites for hydroxylation is 1. The van der Waals surface area contributed by atoms with Crippen LogP contribution in [0.25, 0.3) is 11.2 Å². The summed E-state index contributed by atoms with van der Waals surface area (Å²) in [5, 5.41) is 0. The third-order valence-corrected chi connectivity index (χ3v) is 4.30. The fourth-order valence-electron chi connectivity index (χ4n) is 3.01. The van der Waals surface area contributed by atoms with Crippen molar-refractivity contribution in [2.75, 3.05) is 43.1 Å². The summed E-state index contributed by atoms with van der Waals surface area (Å²) in [6.45, 7) is 3.47. The van der Waals surface area contributed by atoms with Gasteiger partial charge in [-0.15, -0.1) is 0 Å². The van der Waals surface area contributed by atoms with E-state index in [2.05, 4.69) is 29.7 Å². The lowest BCUT2D eigenvalue weighted by atomic mass is 10.3. The standard InChI is InChI=1S/C16H19N7O/c1-21-11-19-14-15(21)17-10-18-16(14)23-8-6-22(7-9-23)12-4-3-5-13(20-12)24-2/h3-5,10-11H,6-9H2,1-2H3. The quantitative estimate of drug-likeness (QED) is 0.714. The minimum Gasteiger partial charge on any atom is -0.481 e. The average Bonchev–Trinajstić information content (AvgIpc) is 3.03. The molecule has 124 valence electrons. The topological polar surface area (TPSA) is 72.2 Å². The van der Waals surface area contributed by atoms with Gasteiger partial charge < -0.3 is 19.1 Å². The summed E-state index contributed by atoms with van der Waals surface area (Å²) in [6.07, 6.45) is 3.38. The van der Waals surface area contributed by atoms with Crippen LogP contribution in [0.5, 0.6) is 5.88 Å². The van der Waals surface area contributed by atoms with E-state index in [0.717, 1.165) is 49.0 Å². The molecule has 1 aliphatic rings. The zero-order valence-electron chi connectivity index (χ0n) is 13.8. The molecule has 0 spiro atoms. The zero-order valence-corrected chi connectivity index (χ0v) is 13.8. The third kappa shape index (κ3) is 2.49. The Labute approximate surface area is 139 Å². The predicted molar refractivity (Wildman–Crippen MR) is 91.5 cm³/mol. The Morgan fingerprint density at radius 1 is 1.00 bits per heavy atom.